The number of alkyl carbamates (subject to hydrolysis) is 1. The molecule has 6 heteroatoms. The summed E-state index contributed by atoms with van der Waals surface area (Å²) in [5.74, 6) is 0. The topological polar surface area (TPSA) is 82.3 Å². The van der Waals surface area contributed by atoms with Gasteiger partial charge in [-0.1, -0.05) is 31.8 Å². The van der Waals surface area contributed by atoms with E-state index in [0.29, 0.717) is 18.6 Å². The van der Waals surface area contributed by atoms with Crippen LogP contribution in [0.3, 0.4) is 0 Å². The number of rotatable bonds is 7. The van der Waals surface area contributed by atoms with Gasteiger partial charge >= 0.3 is 6.09 Å². The van der Waals surface area contributed by atoms with E-state index in [2.05, 4.69) is 31.0 Å². The number of aliphatic hydroxyl groups is 1. The standard InChI is InChI=1S/C16H24N2O3Si/c1-22(2,3)11-10-21-16(20)18-15(8-9-19)14-6-4-13(12-17)5-7-14/h4-7,15,19H,8-11H2,1-3H3,(H,18,20)/t15-/m0/s1. The van der Waals surface area contributed by atoms with Gasteiger partial charge in [-0.15, -0.1) is 0 Å². The summed E-state index contributed by atoms with van der Waals surface area (Å²) >= 11 is 0. The zero-order valence-corrected chi connectivity index (χ0v) is 14.4. The van der Waals surface area contributed by atoms with E-state index in [0.717, 1.165) is 11.6 Å². The monoisotopic (exact) mass is 320 g/mol. The lowest BCUT2D eigenvalue weighted by Crippen LogP contribution is -2.31. The van der Waals surface area contributed by atoms with Gasteiger partial charge in [-0.2, -0.15) is 5.26 Å². The Kier molecular flexibility index (Phi) is 7.09. The number of nitriles is 1. The minimum atomic E-state index is -1.23. The fraction of sp³-hybridized carbons (Fsp3) is 0.500. The normalized spacial score (nSPS) is 12.3. The molecule has 0 aliphatic carbocycles. The number of carbonyl (C=O) groups is 1. The second kappa shape index (κ2) is 8.56. The maximum atomic E-state index is 11.9. The summed E-state index contributed by atoms with van der Waals surface area (Å²) in [6.07, 6.45) is -0.0734. The number of benzene rings is 1. The Bertz CT molecular complexity index is 518. The molecule has 0 fully saturated rings. The zero-order valence-electron chi connectivity index (χ0n) is 13.4. The number of nitrogens with one attached hydrogen (secondary N) is 1. The molecule has 0 spiro atoms. The average Bonchev–Trinajstić information content (AvgIpc) is 2.45. The van der Waals surface area contributed by atoms with E-state index in [9.17, 15) is 4.79 Å². The summed E-state index contributed by atoms with van der Waals surface area (Å²) in [5.41, 5.74) is 1.40. The Morgan fingerprint density at radius 2 is 2.00 bits per heavy atom. The van der Waals surface area contributed by atoms with Crippen LogP contribution in [0.4, 0.5) is 4.79 Å². The Morgan fingerprint density at radius 1 is 1.36 bits per heavy atom. The molecule has 22 heavy (non-hydrogen) atoms. The summed E-state index contributed by atoms with van der Waals surface area (Å²) in [5, 5.41) is 20.7. The average molecular weight is 320 g/mol. The van der Waals surface area contributed by atoms with E-state index in [1.165, 1.54) is 0 Å². The van der Waals surface area contributed by atoms with E-state index in [1.807, 2.05) is 0 Å². The third-order valence-electron chi connectivity index (χ3n) is 3.24. The Hall–Kier alpha value is -1.84. The molecule has 1 aromatic carbocycles. The number of hydrogen-bond donors (Lipinski definition) is 2. The molecule has 0 aliphatic heterocycles. The summed E-state index contributed by atoms with van der Waals surface area (Å²) < 4.78 is 5.21. The van der Waals surface area contributed by atoms with Crippen molar-refractivity contribution in [3.63, 3.8) is 0 Å². The zero-order chi connectivity index (χ0) is 16.6. The first-order chi connectivity index (χ1) is 10.4. The molecule has 2 N–H and O–H groups in total. The predicted molar refractivity (Wildman–Crippen MR) is 88.2 cm³/mol. The maximum Gasteiger partial charge on any atom is 0.407 e. The van der Waals surface area contributed by atoms with Crippen LogP contribution >= 0.6 is 0 Å². The van der Waals surface area contributed by atoms with Gasteiger partial charge in [0.05, 0.1) is 24.3 Å². The molecule has 1 rings (SSSR count). The molecule has 0 saturated heterocycles. The van der Waals surface area contributed by atoms with Crippen molar-refractivity contribution in [2.45, 2.75) is 38.1 Å². The molecular weight excluding hydrogens is 296 g/mol. The van der Waals surface area contributed by atoms with Crippen molar-refractivity contribution >= 4 is 14.2 Å². The minimum absolute atomic E-state index is 0.0418. The summed E-state index contributed by atoms with van der Waals surface area (Å²) in [7, 11) is -1.23. The second-order valence-electron chi connectivity index (χ2n) is 6.39. The number of nitrogens with zero attached hydrogens (tertiary/aromatic N) is 1. The van der Waals surface area contributed by atoms with Crippen LogP contribution in [0.1, 0.15) is 23.6 Å². The van der Waals surface area contributed by atoms with Crippen LogP contribution in [0.2, 0.25) is 25.7 Å². The Labute approximate surface area is 132 Å². The van der Waals surface area contributed by atoms with Crippen molar-refractivity contribution in [1.82, 2.24) is 5.32 Å². The highest BCUT2D eigenvalue weighted by molar-refractivity contribution is 6.76. The molecular formula is C16H24N2O3Si. The quantitative estimate of drug-likeness (QED) is 0.756. The predicted octanol–water partition coefficient (Wildman–Crippen LogP) is 3.05. The van der Waals surface area contributed by atoms with E-state index < -0.39 is 14.2 Å². The highest BCUT2D eigenvalue weighted by Gasteiger charge is 2.17. The van der Waals surface area contributed by atoms with Crippen molar-refractivity contribution in [3.05, 3.63) is 35.4 Å². The van der Waals surface area contributed by atoms with Crippen LogP contribution in [0.15, 0.2) is 24.3 Å². The second-order valence-corrected chi connectivity index (χ2v) is 12.0. The van der Waals surface area contributed by atoms with Crippen molar-refractivity contribution in [1.29, 1.82) is 5.26 Å². The molecule has 0 aliphatic rings. The lowest BCUT2D eigenvalue weighted by Gasteiger charge is -2.19. The van der Waals surface area contributed by atoms with E-state index in [-0.39, 0.29) is 12.6 Å². The number of carbonyl (C=O) groups excluding carboxylic acids is 1. The Balaban J connectivity index is 2.59. The van der Waals surface area contributed by atoms with E-state index >= 15 is 0 Å². The molecule has 0 radical (unpaired) electrons. The number of amides is 1. The first-order valence-electron chi connectivity index (χ1n) is 7.40. The fourth-order valence-electron chi connectivity index (χ4n) is 1.88. The molecule has 0 aromatic heterocycles. The van der Waals surface area contributed by atoms with Crippen LogP contribution in [-0.4, -0.2) is 32.5 Å². The van der Waals surface area contributed by atoms with E-state index in [1.54, 1.807) is 24.3 Å². The summed E-state index contributed by atoms with van der Waals surface area (Å²) in [6.45, 7) is 7.04. The largest absolute Gasteiger partial charge is 0.450 e. The van der Waals surface area contributed by atoms with Gasteiger partial charge in [0.2, 0.25) is 0 Å². The SMILES string of the molecule is C[Si](C)(C)CCOC(=O)N[C@@H](CCO)c1ccc(C#N)cc1. The van der Waals surface area contributed by atoms with Crippen LogP contribution in [0.5, 0.6) is 0 Å². The fourth-order valence-corrected chi connectivity index (χ4v) is 2.59. The molecule has 0 bridgehead atoms. The van der Waals surface area contributed by atoms with Gasteiger partial charge in [0.1, 0.15) is 0 Å². The minimum Gasteiger partial charge on any atom is -0.450 e. The van der Waals surface area contributed by atoms with Crippen molar-refractivity contribution in [2.24, 2.45) is 0 Å². The molecule has 0 saturated carbocycles. The summed E-state index contributed by atoms with van der Waals surface area (Å²) in [4.78, 5) is 11.9. The maximum absolute atomic E-state index is 11.9. The van der Waals surface area contributed by atoms with Gasteiger partial charge in [-0.25, -0.2) is 4.79 Å². The third-order valence-corrected chi connectivity index (χ3v) is 4.94. The summed E-state index contributed by atoms with van der Waals surface area (Å²) in [6, 6.07) is 9.59. The highest BCUT2D eigenvalue weighted by Crippen LogP contribution is 2.17. The van der Waals surface area contributed by atoms with Gasteiger partial charge in [0, 0.05) is 14.7 Å². The highest BCUT2D eigenvalue weighted by atomic mass is 28.3. The van der Waals surface area contributed by atoms with Gasteiger partial charge in [0.15, 0.2) is 0 Å². The van der Waals surface area contributed by atoms with Gasteiger partial charge in [-0.3, -0.25) is 0 Å². The van der Waals surface area contributed by atoms with Crippen LogP contribution < -0.4 is 5.32 Å². The Morgan fingerprint density at radius 3 is 2.50 bits per heavy atom. The number of aliphatic hydroxyl groups excluding tert-OH is 1. The first-order valence-corrected chi connectivity index (χ1v) is 11.1. The number of hydrogen-bond acceptors (Lipinski definition) is 4. The van der Waals surface area contributed by atoms with Crippen LogP contribution in [0, 0.1) is 11.3 Å². The molecule has 0 heterocycles. The van der Waals surface area contributed by atoms with Crippen molar-refractivity contribution < 1.29 is 14.6 Å². The molecule has 1 aromatic rings. The van der Waals surface area contributed by atoms with Crippen molar-refractivity contribution in [2.75, 3.05) is 13.2 Å². The third kappa shape index (κ3) is 6.74. The van der Waals surface area contributed by atoms with Gasteiger partial charge in [-0.05, 0) is 30.2 Å². The molecule has 120 valence electrons. The molecule has 0 unspecified atom stereocenters. The number of ether oxygens (including phenoxy) is 1. The lowest BCUT2D eigenvalue weighted by atomic mass is 10.0. The van der Waals surface area contributed by atoms with Crippen LogP contribution in [0.25, 0.3) is 0 Å². The molecule has 1 amide bonds. The van der Waals surface area contributed by atoms with Crippen LogP contribution in [-0.2, 0) is 4.74 Å². The molecule has 1 atom stereocenters. The smallest absolute Gasteiger partial charge is 0.407 e. The van der Waals surface area contributed by atoms with Gasteiger partial charge < -0.3 is 15.2 Å². The van der Waals surface area contributed by atoms with Gasteiger partial charge in [0.25, 0.3) is 0 Å². The van der Waals surface area contributed by atoms with E-state index in [4.69, 9.17) is 15.1 Å². The first kappa shape index (κ1) is 18.2. The lowest BCUT2D eigenvalue weighted by molar-refractivity contribution is 0.145. The molecule has 5 nitrogen and oxygen atoms in total. The van der Waals surface area contributed by atoms with Crippen molar-refractivity contribution in [3.8, 4) is 6.07 Å².